The molecule has 0 bridgehead atoms. The Morgan fingerprint density at radius 2 is 2.00 bits per heavy atom. The first kappa shape index (κ1) is 10.8. The van der Waals surface area contributed by atoms with Crippen molar-refractivity contribution in [2.45, 2.75) is 13.2 Å². The Bertz CT molecular complexity index is 480. The van der Waals surface area contributed by atoms with Crippen LogP contribution in [-0.2, 0) is 13.2 Å². The smallest absolute Gasteiger partial charge is 0.207 e. The molecule has 16 heavy (non-hydrogen) atoms. The van der Waals surface area contributed by atoms with Gasteiger partial charge in [0.15, 0.2) is 12.7 Å². The SMILES string of the molecule is [CH2]c1cccc(C[n+]2ccccc2CO)c1. The van der Waals surface area contributed by atoms with Crippen LogP contribution >= 0.6 is 0 Å². The van der Waals surface area contributed by atoms with Gasteiger partial charge in [-0.25, -0.2) is 0 Å². The van der Waals surface area contributed by atoms with Crippen LogP contribution in [-0.4, -0.2) is 5.11 Å². The average molecular weight is 213 g/mol. The van der Waals surface area contributed by atoms with Crippen molar-refractivity contribution in [2.24, 2.45) is 0 Å². The third-order valence-corrected chi connectivity index (χ3v) is 2.54. The van der Waals surface area contributed by atoms with Crippen LogP contribution in [0.1, 0.15) is 16.8 Å². The number of aliphatic hydroxyl groups excluding tert-OH is 1. The number of hydrogen-bond acceptors (Lipinski definition) is 1. The highest BCUT2D eigenvalue weighted by Gasteiger charge is 2.08. The minimum Gasteiger partial charge on any atom is -0.385 e. The highest BCUT2D eigenvalue weighted by Crippen LogP contribution is 2.04. The third-order valence-electron chi connectivity index (χ3n) is 2.54. The second-order valence-electron chi connectivity index (χ2n) is 3.80. The number of aliphatic hydroxyl groups is 1. The van der Waals surface area contributed by atoms with Crippen molar-refractivity contribution in [2.75, 3.05) is 0 Å². The van der Waals surface area contributed by atoms with E-state index in [2.05, 4.69) is 19.1 Å². The average Bonchev–Trinajstić information content (AvgIpc) is 2.30. The van der Waals surface area contributed by atoms with Crippen LogP contribution in [0.3, 0.4) is 0 Å². The second kappa shape index (κ2) is 4.90. The monoisotopic (exact) mass is 213 g/mol. The Hall–Kier alpha value is -1.67. The molecule has 0 unspecified atom stereocenters. The highest BCUT2D eigenvalue weighted by molar-refractivity contribution is 5.24. The van der Waals surface area contributed by atoms with Gasteiger partial charge in [-0.3, -0.25) is 0 Å². The molecule has 2 nitrogen and oxygen atoms in total. The van der Waals surface area contributed by atoms with E-state index < -0.39 is 0 Å². The zero-order chi connectivity index (χ0) is 11.4. The molecule has 0 aliphatic rings. The quantitative estimate of drug-likeness (QED) is 0.771. The molecule has 0 saturated heterocycles. The fraction of sp³-hybridized carbons (Fsp3) is 0.143. The van der Waals surface area contributed by atoms with Crippen molar-refractivity contribution < 1.29 is 9.67 Å². The Morgan fingerprint density at radius 1 is 1.12 bits per heavy atom. The van der Waals surface area contributed by atoms with Crippen LogP contribution < -0.4 is 4.57 Å². The second-order valence-corrected chi connectivity index (χ2v) is 3.80. The lowest BCUT2D eigenvalue weighted by Crippen LogP contribution is -2.38. The van der Waals surface area contributed by atoms with Gasteiger partial charge in [-0.15, -0.1) is 0 Å². The zero-order valence-electron chi connectivity index (χ0n) is 9.13. The van der Waals surface area contributed by atoms with Crippen LogP contribution in [0.25, 0.3) is 0 Å². The maximum Gasteiger partial charge on any atom is 0.207 e. The summed E-state index contributed by atoms with van der Waals surface area (Å²) in [5.41, 5.74) is 3.12. The Kier molecular flexibility index (Phi) is 3.32. The summed E-state index contributed by atoms with van der Waals surface area (Å²) in [5, 5.41) is 9.22. The molecule has 0 aliphatic heterocycles. The number of pyridine rings is 1. The molecule has 2 rings (SSSR count). The molecule has 0 atom stereocenters. The number of aromatic nitrogens is 1. The normalized spacial score (nSPS) is 10.4. The van der Waals surface area contributed by atoms with Gasteiger partial charge in [0.2, 0.25) is 5.69 Å². The van der Waals surface area contributed by atoms with Gasteiger partial charge in [0.05, 0.1) is 0 Å². The molecule has 1 heterocycles. The van der Waals surface area contributed by atoms with E-state index in [4.69, 9.17) is 0 Å². The molecule has 0 saturated carbocycles. The Labute approximate surface area is 95.8 Å². The summed E-state index contributed by atoms with van der Waals surface area (Å²) < 4.78 is 2.04. The molecule has 0 aliphatic carbocycles. The topological polar surface area (TPSA) is 24.1 Å². The number of hydrogen-bond donors (Lipinski definition) is 1. The van der Waals surface area contributed by atoms with Crippen LogP contribution in [0.5, 0.6) is 0 Å². The summed E-state index contributed by atoms with van der Waals surface area (Å²) in [6, 6.07) is 13.9. The van der Waals surface area contributed by atoms with Crippen molar-refractivity contribution in [1.82, 2.24) is 0 Å². The van der Waals surface area contributed by atoms with E-state index in [1.807, 2.05) is 41.1 Å². The molecular weight excluding hydrogens is 198 g/mol. The maximum absolute atomic E-state index is 9.22. The molecule has 1 N–H and O–H groups in total. The first-order chi connectivity index (χ1) is 7.79. The summed E-state index contributed by atoms with van der Waals surface area (Å²) in [6.45, 7) is 4.73. The van der Waals surface area contributed by atoms with Gasteiger partial charge in [0.1, 0.15) is 6.61 Å². The molecule has 0 amide bonds. The van der Waals surface area contributed by atoms with E-state index in [0.29, 0.717) is 0 Å². The van der Waals surface area contributed by atoms with Crippen molar-refractivity contribution >= 4 is 0 Å². The van der Waals surface area contributed by atoms with Gasteiger partial charge in [-0.1, -0.05) is 24.3 Å². The molecule has 1 radical (unpaired) electrons. The van der Waals surface area contributed by atoms with E-state index in [1.54, 1.807) is 0 Å². The van der Waals surface area contributed by atoms with E-state index in [0.717, 1.165) is 17.8 Å². The van der Waals surface area contributed by atoms with Crippen LogP contribution in [0.15, 0.2) is 48.7 Å². The lowest BCUT2D eigenvalue weighted by Gasteiger charge is -2.02. The Balaban J connectivity index is 2.26. The van der Waals surface area contributed by atoms with E-state index >= 15 is 0 Å². The molecule has 1 aromatic carbocycles. The van der Waals surface area contributed by atoms with E-state index in [9.17, 15) is 5.11 Å². The predicted molar refractivity (Wildman–Crippen MR) is 62.6 cm³/mol. The molecule has 0 spiro atoms. The van der Waals surface area contributed by atoms with E-state index in [1.165, 1.54) is 5.56 Å². The highest BCUT2D eigenvalue weighted by atomic mass is 16.3. The van der Waals surface area contributed by atoms with Gasteiger partial charge in [-0.05, 0) is 18.6 Å². The van der Waals surface area contributed by atoms with Gasteiger partial charge in [0, 0.05) is 17.7 Å². The summed E-state index contributed by atoms with van der Waals surface area (Å²) in [7, 11) is 0. The minimum atomic E-state index is 0.0604. The molecule has 2 heteroatoms. The number of rotatable bonds is 3. The Morgan fingerprint density at radius 3 is 2.75 bits per heavy atom. The summed E-state index contributed by atoms with van der Waals surface area (Å²) >= 11 is 0. The zero-order valence-corrected chi connectivity index (χ0v) is 9.13. The fourth-order valence-corrected chi connectivity index (χ4v) is 1.73. The van der Waals surface area contributed by atoms with Gasteiger partial charge in [-0.2, -0.15) is 4.57 Å². The lowest BCUT2D eigenvalue weighted by molar-refractivity contribution is -0.697. The largest absolute Gasteiger partial charge is 0.385 e. The van der Waals surface area contributed by atoms with Crippen LogP contribution in [0.4, 0.5) is 0 Å². The lowest BCUT2D eigenvalue weighted by atomic mass is 10.1. The summed E-state index contributed by atoms with van der Waals surface area (Å²) in [6.07, 6.45) is 1.97. The minimum absolute atomic E-state index is 0.0604. The summed E-state index contributed by atoms with van der Waals surface area (Å²) in [5.74, 6) is 0. The standard InChI is InChI=1S/C14H15NO/c1-12-5-4-6-13(9-12)10-15-8-3-2-7-14(15)11-16/h2-9,16H,1,10-11H2/q+1. The molecule has 81 valence electrons. The van der Waals surface area contributed by atoms with Crippen LogP contribution in [0.2, 0.25) is 0 Å². The third kappa shape index (κ3) is 2.47. The fourth-order valence-electron chi connectivity index (χ4n) is 1.73. The van der Waals surface area contributed by atoms with Crippen molar-refractivity contribution in [1.29, 1.82) is 0 Å². The predicted octanol–water partition coefficient (Wildman–Crippen LogP) is 1.70. The maximum atomic E-state index is 9.22. The molecule has 2 aromatic rings. The molecule has 1 aromatic heterocycles. The molecular formula is C14H15NO+. The number of benzene rings is 1. The first-order valence-corrected chi connectivity index (χ1v) is 5.28. The van der Waals surface area contributed by atoms with Gasteiger partial charge < -0.3 is 5.11 Å². The number of nitrogens with zero attached hydrogens (tertiary/aromatic N) is 1. The van der Waals surface area contributed by atoms with E-state index in [-0.39, 0.29) is 6.61 Å². The van der Waals surface area contributed by atoms with Crippen molar-refractivity contribution in [3.05, 3.63) is 72.4 Å². The first-order valence-electron chi connectivity index (χ1n) is 5.28. The van der Waals surface area contributed by atoms with Crippen LogP contribution in [0, 0.1) is 6.92 Å². The molecule has 0 fully saturated rings. The summed E-state index contributed by atoms with van der Waals surface area (Å²) in [4.78, 5) is 0. The van der Waals surface area contributed by atoms with Crippen molar-refractivity contribution in [3.8, 4) is 0 Å². The van der Waals surface area contributed by atoms with Gasteiger partial charge >= 0.3 is 0 Å². The van der Waals surface area contributed by atoms with Crippen molar-refractivity contribution in [3.63, 3.8) is 0 Å². The van der Waals surface area contributed by atoms with Gasteiger partial charge in [0.25, 0.3) is 0 Å².